The highest BCUT2D eigenvalue weighted by Gasteiger charge is 2.32. The molecule has 0 aliphatic rings. The Morgan fingerprint density at radius 3 is 2.29 bits per heavy atom. The number of rotatable bonds is 4. The number of nitrogens with zero attached hydrogens (tertiary/aromatic N) is 2. The number of hydrogen-bond acceptors (Lipinski definition) is 3. The molecule has 0 aliphatic carbocycles. The first kappa shape index (κ1) is 14.0. The fourth-order valence-corrected chi connectivity index (χ4v) is 1.57. The average molecular weight is 268 g/mol. The zero-order chi connectivity index (χ0) is 13.1. The second-order valence-electron chi connectivity index (χ2n) is 3.95. The summed E-state index contributed by atoms with van der Waals surface area (Å²) in [5.74, 6) is 0.884. The molecule has 0 radical (unpaired) electrons. The Labute approximate surface area is 102 Å². The highest BCUT2D eigenvalue weighted by atomic mass is 35.5. The summed E-state index contributed by atoms with van der Waals surface area (Å²) in [6.07, 6.45) is -4.46. The maximum atomic E-state index is 12.2. The van der Waals surface area contributed by atoms with Crippen molar-refractivity contribution in [1.29, 1.82) is 0 Å². The highest BCUT2D eigenvalue weighted by Crippen LogP contribution is 2.27. The Balaban J connectivity index is 2.75. The number of nitrogens with one attached hydrogen (secondary N) is 1. The van der Waals surface area contributed by atoms with Crippen LogP contribution in [0.1, 0.15) is 19.5 Å². The van der Waals surface area contributed by atoms with Gasteiger partial charge in [-0.05, 0) is 18.1 Å². The monoisotopic (exact) mass is 267 g/mol. The number of halogens is 4. The van der Waals surface area contributed by atoms with Crippen molar-refractivity contribution >= 4 is 17.4 Å². The molecule has 1 heterocycles. The third-order valence-electron chi connectivity index (χ3n) is 2.26. The molecule has 7 heteroatoms. The molecule has 1 atom stereocenters. The second-order valence-corrected chi connectivity index (χ2v) is 4.26. The molecule has 1 aromatic heterocycles. The molecule has 0 aromatic carbocycles. The van der Waals surface area contributed by atoms with Crippen LogP contribution in [0.25, 0.3) is 0 Å². The Hall–Kier alpha value is -1.04. The van der Waals surface area contributed by atoms with E-state index < -0.39 is 11.9 Å². The van der Waals surface area contributed by atoms with Gasteiger partial charge in [-0.3, -0.25) is 0 Å². The third kappa shape index (κ3) is 4.03. The molecule has 96 valence electrons. The number of aromatic nitrogens is 2. The summed E-state index contributed by atoms with van der Waals surface area (Å²) < 4.78 is 36.7. The van der Waals surface area contributed by atoms with E-state index in [2.05, 4.69) is 15.5 Å². The molecule has 0 bridgehead atoms. The zero-order valence-electron chi connectivity index (χ0n) is 9.42. The van der Waals surface area contributed by atoms with Crippen LogP contribution in [0.4, 0.5) is 19.0 Å². The van der Waals surface area contributed by atoms with E-state index in [0.717, 1.165) is 6.07 Å². The molecular weight excluding hydrogens is 255 g/mol. The fourth-order valence-electron chi connectivity index (χ4n) is 1.13. The minimum atomic E-state index is -4.46. The van der Waals surface area contributed by atoms with E-state index in [1.165, 1.54) is 6.07 Å². The standard InChI is InChI=1S/C10H13ClF3N3/c1-6(2)7(5-11)15-9-4-3-8(16-17-9)10(12,13)14/h3-4,6-7H,5H2,1-2H3,(H,15,17). The van der Waals surface area contributed by atoms with Gasteiger partial charge in [0.15, 0.2) is 5.69 Å². The van der Waals surface area contributed by atoms with Crippen molar-refractivity contribution in [1.82, 2.24) is 10.2 Å². The van der Waals surface area contributed by atoms with Crippen LogP contribution in [0.5, 0.6) is 0 Å². The van der Waals surface area contributed by atoms with Crippen LogP contribution in [0, 0.1) is 5.92 Å². The average Bonchev–Trinajstić information content (AvgIpc) is 2.25. The van der Waals surface area contributed by atoms with Gasteiger partial charge in [0.1, 0.15) is 5.82 Å². The summed E-state index contributed by atoms with van der Waals surface area (Å²) in [4.78, 5) is 0. The molecular formula is C10H13ClF3N3. The molecule has 17 heavy (non-hydrogen) atoms. The Morgan fingerprint density at radius 1 is 1.29 bits per heavy atom. The van der Waals surface area contributed by atoms with Crippen LogP contribution in [0.3, 0.4) is 0 Å². The Morgan fingerprint density at radius 2 is 1.94 bits per heavy atom. The molecule has 0 saturated carbocycles. The van der Waals surface area contributed by atoms with Crippen molar-refractivity contribution in [3.8, 4) is 0 Å². The van der Waals surface area contributed by atoms with Crippen molar-refractivity contribution in [2.75, 3.05) is 11.2 Å². The van der Waals surface area contributed by atoms with E-state index in [4.69, 9.17) is 11.6 Å². The third-order valence-corrected chi connectivity index (χ3v) is 2.59. The van der Waals surface area contributed by atoms with Gasteiger partial charge in [-0.2, -0.15) is 13.2 Å². The lowest BCUT2D eigenvalue weighted by molar-refractivity contribution is -0.141. The minimum Gasteiger partial charge on any atom is -0.364 e. The van der Waals surface area contributed by atoms with Gasteiger partial charge < -0.3 is 5.32 Å². The van der Waals surface area contributed by atoms with Crippen LogP contribution in [-0.2, 0) is 6.18 Å². The van der Waals surface area contributed by atoms with E-state index in [-0.39, 0.29) is 17.8 Å². The van der Waals surface area contributed by atoms with E-state index in [1.807, 2.05) is 13.8 Å². The van der Waals surface area contributed by atoms with Gasteiger partial charge in [-0.25, -0.2) is 0 Å². The van der Waals surface area contributed by atoms with Crippen molar-refractivity contribution in [2.45, 2.75) is 26.1 Å². The van der Waals surface area contributed by atoms with E-state index in [1.54, 1.807) is 0 Å². The first-order chi connectivity index (χ1) is 7.84. The highest BCUT2D eigenvalue weighted by molar-refractivity contribution is 6.18. The lowest BCUT2D eigenvalue weighted by Crippen LogP contribution is -2.28. The molecule has 3 nitrogen and oxygen atoms in total. The van der Waals surface area contributed by atoms with Crippen LogP contribution >= 0.6 is 11.6 Å². The zero-order valence-corrected chi connectivity index (χ0v) is 10.2. The molecule has 1 rings (SSSR count). The van der Waals surface area contributed by atoms with Crippen LogP contribution in [0.2, 0.25) is 0 Å². The lowest BCUT2D eigenvalue weighted by Gasteiger charge is -2.19. The Kier molecular flexibility index (Phi) is 4.56. The molecule has 1 N–H and O–H groups in total. The molecule has 1 aromatic rings. The van der Waals surface area contributed by atoms with Crippen molar-refractivity contribution in [3.63, 3.8) is 0 Å². The molecule has 1 unspecified atom stereocenters. The number of hydrogen-bond donors (Lipinski definition) is 1. The van der Waals surface area contributed by atoms with Crippen LogP contribution in [-0.4, -0.2) is 22.1 Å². The predicted octanol–water partition coefficient (Wildman–Crippen LogP) is 3.17. The molecule has 0 amide bonds. The first-order valence-electron chi connectivity index (χ1n) is 5.08. The summed E-state index contributed by atoms with van der Waals surface area (Å²) in [5.41, 5.74) is -1.00. The molecule has 0 fully saturated rings. The minimum absolute atomic E-state index is 0.0531. The van der Waals surface area contributed by atoms with Crippen molar-refractivity contribution in [2.24, 2.45) is 5.92 Å². The van der Waals surface area contributed by atoms with Gasteiger partial charge in [-0.15, -0.1) is 21.8 Å². The van der Waals surface area contributed by atoms with Gasteiger partial charge >= 0.3 is 6.18 Å². The SMILES string of the molecule is CC(C)C(CCl)Nc1ccc(C(F)(F)F)nn1. The smallest absolute Gasteiger partial charge is 0.364 e. The summed E-state index contributed by atoms with van der Waals surface area (Å²) in [5, 5.41) is 9.53. The van der Waals surface area contributed by atoms with Gasteiger partial charge in [0.2, 0.25) is 0 Å². The van der Waals surface area contributed by atoms with Crippen molar-refractivity contribution in [3.05, 3.63) is 17.8 Å². The van der Waals surface area contributed by atoms with Gasteiger partial charge in [0.05, 0.1) is 0 Å². The van der Waals surface area contributed by atoms with Crippen LogP contribution in [0.15, 0.2) is 12.1 Å². The lowest BCUT2D eigenvalue weighted by atomic mass is 10.1. The molecule has 0 spiro atoms. The fraction of sp³-hybridized carbons (Fsp3) is 0.600. The number of anilines is 1. The van der Waals surface area contributed by atoms with E-state index >= 15 is 0 Å². The topological polar surface area (TPSA) is 37.8 Å². The normalized spacial score (nSPS) is 13.8. The van der Waals surface area contributed by atoms with E-state index in [9.17, 15) is 13.2 Å². The van der Waals surface area contributed by atoms with Gasteiger partial charge in [0, 0.05) is 11.9 Å². The largest absolute Gasteiger partial charge is 0.435 e. The van der Waals surface area contributed by atoms with Gasteiger partial charge in [-0.1, -0.05) is 13.8 Å². The Bertz CT molecular complexity index is 351. The summed E-state index contributed by atoms with van der Waals surface area (Å²) in [7, 11) is 0. The molecule has 0 saturated heterocycles. The van der Waals surface area contributed by atoms with Crippen molar-refractivity contribution < 1.29 is 13.2 Å². The maximum Gasteiger partial charge on any atom is 0.435 e. The maximum absolute atomic E-state index is 12.2. The first-order valence-corrected chi connectivity index (χ1v) is 5.61. The number of alkyl halides is 4. The quantitative estimate of drug-likeness (QED) is 0.852. The molecule has 0 aliphatic heterocycles. The second kappa shape index (κ2) is 5.53. The summed E-state index contributed by atoms with van der Waals surface area (Å²) in [6.45, 7) is 3.91. The summed E-state index contributed by atoms with van der Waals surface area (Å²) in [6, 6.07) is 2.08. The van der Waals surface area contributed by atoms with Crippen LogP contribution < -0.4 is 5.32 Å². The summed E-state index contributed by atoms with van der Waals surface area (Å²) >= 11 is 5.73. The van der Waals surface area contributed by atoms with E-state index in [0.29, 0.717) is 5.88 Å². The predicted molar refractivity (Wildman–Crippen MR) is 60.0 cm³/mol. The van der Waals surface area contributed by atoms with Gasteiger partial charge in [0.25, 0.3) is 0 Å².